The molecule has 0 aliphatic heterocycles. The van der Waals surface area contributed by atoms with Crippen LogP contribution >= 0.6 is 0 Å². The molecule has 2 aromatic carbocycles. The third kappa shape index (κ3) is 4.50. The van der Waals surface area contributed by atoms with Gasteiger partial charge in [0, 0.05) is 42.5 Å². The van der Waals surface area contributed by atoms with Gasteiger partial charge in [-0.15, -0.1) is 0 Å². The zero-order valence-electron chi connectivity index (χ0n) is 19.6. The molecule has 0 atom stereocenters. The van der Waals surface area contributed by atoms with E-state index in [9.17, 15) is 18.7 Å². The molecular weight excluding hydrogens is 452 g/mol. The topological polar surface area (TPSA) is 85.0 Å². The van der Waals surface area contributed by atoms with E-state index in [4.69, 9.17) is 5.10 Å². The lowest BCUT2D eigenvalue weighted by Crippen LogP contribution is -2.38. The van der Waals surface area contributed by atoms with Crippen molar-refractivity contribution in [1.29, 1.82) is 0 Å². The minimum atomic E-state index is -1.15. The highest BCUT2D eigenvalue weighted by atomic mass is 19.1. The predicted molar refractivity (Wildman–Crippen MR) is 128 cm³/mol. The van der Waals surface area contributed by atoms with Crippen molar-refractivity contribution in [3.8, 4) is 16.9 Å². The van der Waals surface area contributed by atoms with Crippen LogP contribution in [-0.4, -0.2) is 37.1 Å². The number of amides is 1. The lowest BCUT2D eigenvalue weighted by Gasteiger charge is -2.37. The van der Waals surface area contributed by atoms with Gasteiger partial charge >= 0.3 is 0 Å². The van der Waals surface area contributed by atoms with E-state index in [-0.39, 0.29) is 17.0 Å². The van der Waals surface area contributed by atoms with E-state index in [1.165, 1.54) is 0 Å². The Hall–Kier alpha value is -3.75. The molecule has 0 bridgehead atoms. The molecule has 2 heterocycles. The van der Waals surface area contributed by atoms with Crippen LogP contribution in [0.3, 0.4) is 0 Å². The van der Waals surface area contributed by atoms with E-state index in [2.05, 4.69) is 46.4 Å². The van der Waals surface area contributed by atoms with Crippen LogP contribution < -0.4 is 5.32 Å². The second-order valence-corrected chi connectivity index (χ2v) is 9.69. The summed E-state index contributed by atoms with van der Waals surface area (Å²) in [5.74, 6) is -3.67. The summed E-state index contributed by atoms with van der Waals surface area (Å²) in [5, 5.41) is 22.2. The number of phenolic OH excluding ortho intramolecular Hbond substituents is 1. The molecule has 182 valence electrons. The Morgan fingerprint density at radius 1 is 1.14 bits per heavy atom. The Labute approximate surface area is 201 Å². The third-order valence-corrected chi connectivity index (χ3v) is 7.11. The number of rotatable bonds is 5. The molecule has 2 aromatic heterocycles. The van der Waals surface area contributed by atoms with Gasteiger partial charge in [0.2, 0.25) is 0 Å². The summed E-state index contributed by atoms with van der Waals surface area (Å²) in [4.78, 5) is 12.3. The number of halogens is 2. The van der Waals surface area contributed by atoms with Gasteiger partial charge in [0.15, 0.2) is 17.4 Å². The normalized spacial score (nSPS) is 20.3. The summed E-state index contributed by atoms with van der Waals surface area (Å²) in [6, 6.07) is 7.93. The highest BCUT2D eigenvalue weighted by molar-refractivity contribution is 5.94. The molecule has 4 aromatic rings. The second kappa shape index (κ2) is 8.79. The van der Waals surface area contributed by atoms with Gasteiger partial charge in [0.1, 0.15) is 0 Å². The maximum atomic E-state index is 13.5. The number of nitrogens with one attached hydrogen (secondary N) is 1. The van der Waals surface area contributed by atoms with Crippen molar-refractivity contribution in [3.05, 3.63) is 66.1 Å². The summed E-state index contributed by atoms with van der Waals surface area (Å²) < 4.78 is 30.9. The summed E-state index contributed by atoms with van der Waals surface area (Å²) in [6.45, 7) is 2.63. The highest BCUT2D eigenvalue weighted by Crippen LogP contribution is 2.38. The standard InChI is InChI=1S/C26H27F2N5O2/c1-26(33-15-18-4-3-17(11-23(18)31-33)20-13-30-32(2)14-20)7-5-16(6-8-26)12-29-25(35)19-9-21(27)24(34)22(28)10-19/h3-4,9-11,13-16,34H,5-8,12H2,1-2H3,(H,29,35). The number of aryl methyl sites for hydroxylation is 1. The maximum Gasteiger partial charge on any atom is 0.251 e. The van der Waals surface area contributed by atoms with Crippen molar-refractivity contribution in [2.75, 3.05) is 6.54 Å². The summed E-state index contributed by atoms with van der Waals surface area (Å²) in [7, 11) is 1.90. The number of nitrogens with zero attached hydrogens (tertiary/aromatic N) is 4. The van der Waals surface area contributed by atoms with Crippen molar-refractivity contribution < 1.29 is 18.7 Å². The van der Waals surface area contributed by atoms with Crippen molar-refractivity contribution >= 4 is 16.8 Å². The smallest absolute Gasteiger partial charge is 0.251 e. The van der Waals surface area contributed by atoms with Gasteiger partial charge in [-0.1, -0.05) is 12.1 Å². The fourth-order valence-electron chi connectivity index (χ4n) is 4.81. The van der Waals surface area contributed by atoms with Crippen LogP contribution in [0.15, 0.2) is 48.9 Å². The Bertz CT molecular complexity index is 1380. The first-order chi connectivity index (χ1) is 16.7. The molecule has 0 saturated heterocycles. The first-order valence-corrected chi connectivity index (χ1v) is 11.7. The zero-order chi connectivity index (χ0) is 24.7. The van der Waals surface area contributed by atoms with Gasteiger partial charge in [0.25, 0.3) is 5.91 Å². The van der Waals surface area contributed by atoms with Gasteiger partial charge in [-0.2, -0.15) is 10.2 Å². The van der Waals surface area contributed by atoms with E-state index in [0.717, 1.165) is 59.8 Å². The van der Waals surface area contributed by atoms with Crippen LogP contribution in [-0.2, 0) is 12.6 Å². The largest absolute Gasteiger partial charge is 0.503 e. The van der Waals surface area contributed by atoms with Crippen molar-refractivity contribution in [1.82, 2.24) is 24.9 Å². The van der Waals surface area contributed by atoms with Crippen LogP contribution in [0.25, 0.3) is 22.0 Å². The van der Waals surface area contributed by atoms with Crippen LogP contribution in [0, 0.1) is 17.6 Å². The summed E-state index contributed by atoms with van der Waals surface area (Å²) in [6.07, 6.45) is 9.51. The van der Waals surface area contributed by atoms with Gasteiger partial charge < -0.3 is 10.4 Å². The lowest BCUT2D eigenvalue weighted by atomic mass is 9.77. The number of hydrogen-bond acceptors (Lipinski definition) is 4. The molecule has 1 saturated carbocycles. The molecule has 5 rings (SSSR count). The van der Waals surface area contributed by atoms with Gasteiger partial charge in [-0.3, -0.25) is 14.2 Å². The number of carbonyl (C=O) groups excluding carboxylic acids is 1. The van der Waals surface area contributed by atoms with E-state index < -0.39 is 23.3 Å². The zero-order valence-corrected chi connectivity index (χ0v) is 19.6. The molecule has 2 N–H and O–H groups in total. The van der Waals surface area contributed by atoms with E-state index in [0.29, 0.717) is 6.54 Å². The first kappa shape index (κ1) is 23.0. The van der Waals surface area contributed by atoms with Crippen molar-refractivity contribution in [2.45, 2.75) is 38.1 Å². The van der Waals surface area contributed by atoms with E-state index in [1.807, 2.05) is 19.4 Å². The molecule has 1 aliphatic rings. The van der Waals surface area contributed by atoms with Gasteiger partial charge in [-0.25, -0.2) is 8.78 Å². The van der Waals surface area contributed by atoms with Crippen LogP contribution in [0.5, 0.6) is 5.75 Å². The van der Waals surface area contributed by atoms with Crippen molar-refractivity contribution in [3.63, 3.8) is 0 Å². The predicted octanol–water partition coefficient (Wildman–Crippen LogP) is 4.76. The number of benzene rings is 2. The molecule has 1 amide bonds. The highest BCUT2D eigenvalue weighted by Gasteiger charge is 2.33. The second-order valence-electron chi connectivity index (χ2n) is 9.69. The van der Waals surface area contributed by atoms with E-state index >= 15 is 0 Å². The Kier molecular flexibility index (Phi) is 5.78. The van der Waals surface area contributed by atoms with Gasteiger partial charge in [-0.05, 0) is 62.3 Å². The number of aromatic hydroxyl groups is 1. The Balaban J connectivity index is 1.22. The number of aromatic nitrogens is 4. The summed E-state index contributed by atoms with van der Waals surface area (Å²) in [5.41, 5.74) is 2.80. The minimum Gasteiger partial charge on any atom is -0.503 e. The number of carbonyl (C=O) groups is 1. The molecule has 7 nitrogen and oxygen atoms in total. The molecule has 0 radical (unpaired) electrons. The Morgan fingerprint density at radius 3 is 2.51 bits per heavy atom. The maximum absolute atomic E-state index is 13.5. The van der Waals surface area contributed by atoms with Gasteiger partial charge in [0.05, 0.1) is 17.3 Å². The lowest BCUT2D eigenvalue weighted by molar-refractivity contribution is 0.0931. The summed E-state index contributed by atoms with van der Waals surface area (Å²) >= 11 is 0. The molecule has 0 unspecified atom stereocenters. The average Bonchev–Trinajstić information content (AvgIpc) is 3.48. The SMILES string of the molecule is Cn1cc(-c2ccc3cn(C4(C)CCC(CNC(=O)c5cc(F)c(O)c(F)c5)CC4)nc3c2)cn1. The van der Waals surface area contributed by atoms with Crippen molar-refractivity contribution in [2.24, 2.45) is 13.0 Å². The van der Waals surface area contributed by atoms with Crippen LogP contribution in [0.1, 0.15) is 43.0 Å². The fraction of sp³-hybridized carbons (Fsp3) is 0.346. The molecule has 1 aliphatic carbocycles. The van der Waals surface area contributed by atoms with Crippen LogP contribution in [0.2, 0.25) is 0 Å². The first-order valence-electron chi connectivity index (χ1n) is 11.7. The Morgan fingerprint density at radius 2 is 1.86 bits per heavy atom. The monoisotopic (exact) mass is 479 g/mol. The molecule has 1 fully saturated rings. The number of phenols is 1. The molecule has 0 spiro atoms. The average molecular weight is 480 g/mol. The molecule has 9 heteroatoms. The number of hydrogen-bond donors (Lipinski definition) is 2. The van der Waals surface area contributed by atoms with Crippen LogP contribution in [0.4, 0.5) is 8.78 Å². The number of fused-ring (bicyclic) bond motifs is 1. The van der Waals surface area contributed by atoms with E-state index in [1.54, 1.807) is 4.68 Å². The molecular formula is C26H27F2N5O2. The third-order valence-electron chi connectivity index (χ3n) is 7.11. The quantitative estimate of drug-likeness (QED) is 0.432. The fourth-order valence-corrected chi connectivity index (χ4v) is 4.81. The minimum absolute atomic E-state index is 0.128. The molecule has 35 heavy (non-hydrogen) atoms.